The fourth-order valence-corrected chi connectivity index (χ4v) is 0.996. The van der Waals surface area contributed by atoms with Crippen molar-refractivity contribution >= 4 is 12.6 Å². The zero-order valence-electron chi connectivity index (χ0n) is 6.24. The number of thiol groups is 1. The van der Waals surface area contributed by atoms with Gasteiger partial charge in [0.05, 0.1) is 11.5 Å². The number of phenolic OH excluding ortho intramolecular Hbond substituents is 1. The first-order chi connectivity index (χ1) is 5.25. The lowest BCUT2D eigenvalue weighted by Crippen LogP contribution is -1.91. The van der Waals surface area contributed by atoms with Gasteiger partial charge in [0.2, 0.25) is 0 Å². The lowest BCUT2D eigenvalue weighted by atomic mass is 10.3. The summed E-state index contributed by atoms with van der Waals surface area (Å²) in [7, 11) is 0. The van der Waals surface area contributed by atoms with E-state index in [1.807, 2.05) is 6.92 Å². The first-order valence-corrected chi connectivity index (χ1v) is 3.84. The van der Waals surface area contributed by atoms with Gasteiger partial charge in [-0.25, -0.2) is 0 Å². The first kappa shape index (κ1) is 8.27. The van der Waals surface area contributed by atoms with Crippen molar-refractivity contribution in [1.82, 2.24) is 0 Å². The lowest BCUT2D eigenvalue weighted by Gasteiger charge is -2.06. The molecular weight excluding hydrogens is 160 g/mol. The highest BCUT2D eigenvalue weighted by Gasteiger charge is 2.02. The molecule has 0 saturated carbocycles. The molecular formula is C8H10O2S. The fraction of sp³-hybridized carbons (Fsp3) is 0.250. The van der Waals surface area contributed by atoms with Crippen molar-refractivity contribution in [1.29, 1.82) is 0 Å². The Labute approximate surface area is 71.2 Å². The molecule has 0 amide bonds. The highest BCUT2D eigenvalue weighted by molar-refractivity contribution is 7.80. The van der Waals surface area contributed by atoms with Crippen LogP contribution in [0.25, 0.3) is 0 Å². The van der Waals surface area contributed by atoms with E-state index in [1.165, 1.54) is 0 Å². The van der Waals surface area contributed by atoms with Gasteiger partial charge >= 0.3 is 0 Å². The normalized spacial score (nSPS) is 9.64. The molecule has 0 aliphatic heterocycles. The Morgan fingerprint density at radius 1 is 1.55 bits per heavy atom. The molecule has 2 nitrogen and oxygen atoms in total. The number of rotatable bonds is 2. The van der Waals surface area contributed by atoms with Crippen LogP contribution >= 0.6 is 12.6 Å². The Bertz CT molecular complexity index is 248. The first-order valence-electron chi connectivity index (χ1n) is 3.39. The van der Waals surface area contributed by atoms with Gasteiger partial charge in [-0.05, 0) is 19.1 Å². The molecule has 0 bridgehead atoms. The second kappa shape index (κ2) is 3.53. The summed E-state index contributed by atoms with van der Waals surface area (Å²) < 4.78 is 5.18. The van der Waals surface area contributed by atoms with Gasteiger partial charge in [0.15, 0.2) is 0 Å². The summed E-state index contributed by atoms with van der Waals surface area (Å²) >= 11 is 4.07. The maximum Gasteiger partial charge on any atom is 0.136 e. The minimum atomic E-state index is 0.152. The summed E-state index contributed by atoms with van der Waals surface area (Å²) in [4.78, 5) is 0.495. The van der Waals surface area contributed by atoms with E-state index in [-0.39, 0.29) is 5.75 Å². The molecule has 1 rings (SSSR count). The summed E-state index contributed by atoms with van der Waals surface area (Å²) in [6.45, 7) is 2.47. The lowest BCUT2D eigenvalue weighted by molar-refractivity contribution is 0.327. The standard InChI is InChI=1S/C8H10O2S/c1-2-10-7-5-3-4-6(9)8(7)11/h3-5,9,11H,2H2,1H3. The summed E-state index contributed by atoms with van der Waals surface area (Å²) in [5, 5.41) is 9.17. The van der Waals surface area contributed by atoms with Crippen LogP contribution in [0.4, 0.5) is 0 Å². The van der Waals surface area contributed by atoms with Crippen LogP contribution in [0.2, 0.25) is 0 Å². The maximum atomic E-state index is 9.17. The van der Waals surface area contributed by atoms with Gasteiger partial charge in [-0.3, -0.25) is 0 Å². The van der Waals surface area contributed by atoms with Gasteiger partial charge in [0.25, 0.3) is 0 Å². The molecule has 60 valence electrons. The number of hydrogen-bond acceptors (Lipinski definition) is 3. The van der Waals surface area contributed by atoms with Gasteiger partial charge in [-0.1, -0.05) is 6.07 Å². The van der Waals surface area contributed by atoms with Crippen LogP contribution in [0, 0.1) is 0 Å². The third kappa shape index (κ3) is 1.80. The van der Waals surface area contributed by atoms with E-state index in [1.54, 1.807) is 18.2 Å². The average Bonchev–Trinajstić information content (AvgIpc) is 1.99. The topological polar surface area (TPSA) is 29.5 Å². The van der Waals surface area contributed by atoms with Crippen LogP contribution in [0.15, 0.2) is 23.1 Å². The van der Waals surface area contributed by atoms with Crippen molar-refractivity contribution in [3.63, 3.8) is 0 Å². The average molecular weight is 170 g/mol. The molecule has 1 N–H and O–H groups in total. The predicted octanol–water partition coefficient (Wildman–Crippen LogP) is 2.08. The smallest absolute Gasteiger partial charge is 0.136 e. The van der Waals surface area contributed by atoms with Crippen LogP contribution < -0.4 is 4.74 Å². The van der Waals surface area contributed by atoms with Crippen molar-refractivity contribution in [2.75, 3.05) is 6.61 Å². The van der Waals surface area contributed by atoms with E-state index in [9.17, 15) is 5.11 Å². The van der Waals surface area contributed by atoms with Gasteiger partial charge in [-0.15, -0.1) is 12.6 Å². The summed E-state index contributed by atoms with van der Waals surface area (Å²) in [5.41, 5.74) is 0. The second-order valence-electron chi connectivity index (χ2n) is 2.06. The molecule has 0 aromatic heterocycles. The summed E-state index contributed by atoms with van der Waals surface area (Å²) in [5.74, 6) is 0.773. The SMILES string of the molecule is CCOc1cccc(O)c1S. The Kier molecular flexibility index (Phi) is 2.65. The number of aromatic hydroxyl groups is 1. The molecule has 0 aliphatic carbocycles. The van der Waals surface area contributed by atoms with Gasteiger partial charge in [0, 0.05) is 0 Å². The number of hydrogen-bond donors (Lipinski definition) is 2. The van der Waals surface area contributed by atoms with E-state index in [0.29, 0.717) is 17.3 Å². The van der Waals surface area contributed by atoms with E-state index >= 15 is 0 Å². The number of benzene rings is 1. The molecule has 0 atom stereocenters. The number of ether oxygens (including phenoxy) is 1. The Morgan fingerprint density at radius 3 is 2.91 bits per heavy atom. The predicted molar refractivity (Wildman–Crippen MR) is 46.5 cm³/mol. The van der Waals surface area contributed by atoms with E-state index in [0.717, 1.165) is 0 Å². The quantitative estimate of drug-likeness (QED) is 0.665. The highest BCUT2D eigenvalue weighted by Crippen LogP contribution is 2.30. The van der Waals surface area contributed by atoms with E-state index in [4.69, 9.17) is 4.74 Å². The van der Waals surface area contributed by atoms with Crippen LogP contribution in [0.3, 0.4) is 0 Å². The monoisotopic (exact) mass is 170 g/mol. The second-order valence-corrected chi connectivity index (χ2v) is 2.50. The summed E-state index contributed by atoms with van der Waals surface area (Å²) in [6, 6.07) is 5.07. The minimum absolute atomic E-state index is 0.152. The number of phenols is 1. The summed E-state index contributed by atoms with van der Waals surface area (Å²) in [6.07, 6.45) is 0. The highest BCUT2D eigenvalue weighted by atomic mass is 32.1. The minimum Gasteiger partial charge on any atom is -0.507 e. The van der Waals surface area contributed by atoms with E-state index in [2.05, 4.69) is 12.6 Å². The molecule has 0 heterocycles. The molecule has 0 radical (unpaired) electrons. The van der Waals surface area contributed by atoms with Crippen LogP contribution in [-0.4, -0.2) is 11.7 Å². The van der Waals surface area contributed by atoms with Gasteiger partial charge in [-0.2, -0.15) is 0 Å². The molecule has 0 spiro atoms. The van der Waals surface area contributed by atoms with Crippen molar-refractivity contribution in [2.24, 2.45) is 0 Å². The van der Waals surface area contributed by atoms with Gasteiger partial charge in [0.1, 0.15) is 11.5 Å². The van der Waals surface area contributed by atoms with Crippen LogP contribution in [-0.2, 0) is 0 Å². The Morgan fingerprint density at radius 2 is 2.27 bits per heavy atom. The molecule has 0 unspecified atom stereocenters. The molecule has 1 aromatic carbocycles. The van der Waals surface area contributed by atoms with Crippen molar-refractivity contribution in [3.05, 3.63) is 18.2 Å². The van der Waals surface area contributed by atoms with E-state index < -0.39 is 0 Å². The zero-order chi connectivity index (χ0) is 8.27. The third-order valence-corrected chi connectivity index (χ3v) is 1.73. The Hall–Kier alpha value is -0.830. The van der Waals surface area contributed by atoms with Gasteiger partial charge < -0.3 is 9.84 Å². The molecule has 0 saturated heterocycles. The third-order valence-electron chi connectivity index (χ3n) is 1.28. The fourth-order valence-electron chi connectivity index (χ4n) is 0.783. The molecule has 0 aliphatic rings. The molecule has 11 heavy (non-hydrogen) atoms. The molecule has 1 aromatic rings. The largest absolute Gasteiger partial charge is 0.507 e. The van der Waals surface area contributed by atoms with Crippen molar-refractivity contribution < 1.29 is 9.84 Å². The van der Waals surface area contributed by atoms with Crippen LogP contribution in [0.1, 0.15) is 6.92 Å². The Balaban J connectivity index is 2.96. The zero-order valence-corrected chi connectivity index (χ0v) is 7.14. The van der Waals surface area contributed by atoms with Crippen molar-refractivity contribution in [3.8, 4) is 11.5 Å². The molecule has 0 fully saturated rings. The maximum absolute atomic E-state index is 9.17. The van der Waals surface area contributed by atoms with Crippen LogP contribution in [0.5, 0.6) is 11.5 Å². The van der Waals surface area contributed by atoms with Crippen molar-refractivity contribution in [2.45, 2.75) is 11.8 Å². The molecule has 3 heteroatoms.